The summed E-state index contributed by atoms with van der Waals surface area (Å²) in [6.45, 7) is 2.38. The van der Waals surface area contributed by atoms with Crippen molar-refractivity contribution in [2.24, 2.45) is 0 Å². The lowest BCUT2D eigenvalue weighted by molar-refractivity contribution is -0.129. The van der Waals surface area contributed by atoms with Gasteiger partial charge in [-0.2, -0.15) is 0 Å². The van der Waals surface area contributed by atoms with Crippen molar-refractivity contribution in [2.75, 3.05) is 7.05 Å². The zero-order valence-electron chi connectivity index (χ0n) is 16.5. The molecule has 1 N–H and O–H groups in total. The number of aromatic nitrogens is 1. The summed E-state index contributed by atoms with van der Waals surface area (Å²) < 4.78 is 5.59. The number of furan rings is 1. The van der Waals surface area contributed by atoms with Gasteiger partial charge in [-0.3, -0.25) is 9.59 Å². The average Bonchev–Trinajstić information content (AvgIpc) is 3.21. The fourth-order valence-corrected chi connectivity index (χ4v) is 3.74. The molecule has 150 valence electrons. The van der Waals surface area contributed by atoms with Crippen LogP contribution in [0, 0.1) is 6.92 Å². The third-order valence-electron chi connectivity index (χ3n) is 4.81. The number of thiazole rings is 1. The molecule has 1 aliphatic carbocycles. The predicted octanol–water partition coefficient (Wildman–Crippen LogP) is 3.80. The maximum atomic E-state index is 12.6. The molecule has 0 atom stereocenters. The van der Waals surface area contributed by atoms with Crippen LogP contribution < -0.4 is 5.32 Å². The molecule has 3 aromatic rings. The number of nitrogens with zero attached hydrogens (tertiary/aromatic N) is 2. The first-order valence-corrected chi connectivity index (χ1v) is 10.5. The molecule has 7 heteroatoms. The van der Waals surface area contributed by atoms with Gasteiger partial charge in [0.2, 0.25) is 5.91 Å². The van der Waals surface area contributed by atoms with E-state index >= 15 is 0 Å². The Balaban J connectivity index is 1.32. The number of nitrogens with one attached hydrogen (secondary N) is 1. The van der Waals surface area contributed by atoms with Crippen LogP contribution in [0.3, 0.4) is 0 Å². The second-order valence-corrected chi connectivity index (χ2v) is 8.28. The van der Waals surface area contributed by atoms with E-state index < -0.39 is 0 Å². The summed E-state index contributed by atoms with van der Waals surface area (Å²) in [7, 11) is 1.78. The molecular formula is C22H23N3O3S. The van der Waals surface area contributed by atoms with Gasteiger partial charge in [0.15, 0.2) is 10.8 Å². The summed E-state index contributed by atoms with van der Waals surface area (Å²) in [5, 5.41) is 5.65. The molecule has 1 aliphatic rings. The number of benzene rings is 1. The molecule has 2 aromatic heterocycles. The normalized spacial score (nSPS) is 13.3. The lowest BCUT2D eigenvalue weighted by atomic mass is 10.1. The number of amides is 2. The van der Waals surface area contributed by atoms with Gasteiger partial charge >= 0.3 is 0 Å². The molecule has 2 heterocycles. The Morgan fingerprint density at radius 3 is 2.62 bits per heavy atom. The average molecular weight is 410 g/mol. The van der Waals surface area contributed by atoms with E-state index in [1.165, 1.54) is 11.3 Å². The van der Waals surface area contributed by atoms with Gasteiger partial charge in [-0.15, -0.1) is 11.3 Å². The van der Waals surface area contributed by atoms with Crippen LogP contribution in [0.1, 0.15) is 40.2 Å². The highest BCUT2D eigenvalue weighted by Crippen LogP contribution is 2.26. The number of rotatable bonds is 7. The Labute approximate surface area is 173 Å². The molecule has 1 aromatic carbocycles. The molecule has 0 radical (unpaired) electrons. The first-order valence-electron chi connectivity index (χ1n) is 9.63. The van der Waals surface area contributed by atoms with E-state index in [2.05, 4.69) is 10.3 Å². The number of hydrogen-bond acceptors (Lipinski definition) is 5. The Morgan fingerprint density at radius 2 is 1.97 bits per heavy atom. The maximum Gasteiger partial charge on any atom is 0.251 e. The van der Waals surface area contributed by atoms with Crippen LogP contribution in [0.4, 0.5) is 0 Å². The SMILES string of the molecule is Cc1ccc(-c2nc(CC(=O)N(C)Cc3ccc(C(=O)NC4CC4)cc3)cs2)o1. The molecule has 0 spiro atoms. The maximum absolute atomic E-state index is 12.6. The molecule has 1 saturated carbocycles. The largest absolute Gasteiger partial charge is 0.459 e. The third-order valence-corrected chi connectivity index (χ3v) is 5.72. The quantitative estimate of drug-likeness (QED) is 0.644. The summed E-state index contributed by atoms with van der Waals surface area (Å²) in [5.41, 5.74) is 2.37. The van der Waals surface area contributed by atoms with Crippen molar-refractivity contribution < 1.29 is 14.0 Å². The van der Waals surface area contributed by atoms with E-state index in [4.69, 9.17) is 4.42 Å². The predicted molar refractivity (Wildman–Crippen MR) is 112 cm³/mol. The highest BCUT2D eigenvalue weighted by atomic mass is 32.1. The molecule has 0 unspecified atom stereocenters. The lowest BCUT2D eigenvalue weighted by Gasteiger charge is -2.17. The van der Waals surface area contributed by atoms with Gasteiger partial charge in [0, 0.05) is 30.6 Å². The van der Waals surface area contributed by atoms with Gasteiger partial charge in [-0.25, -0.2) is 4.98 Å². The number of carbonyl (C=O) groups is 2. The van der Waals surface area contributed by atoms with Crippen LogP contribution >= 0.6 is 11.3 Å². The summed E-state index contributed by atoms with van der Waals surface area (Å²) >= 11 is 1.47. The third kappa shape index (κ3) is 4.92. The Kier molecular flexibility index (Phi) is 5.49. The molecule has 2 amide bonds. The standard InChI is InChI=1S/C22H23N3O3S/c1-14-3-10-19(28-14)22-24-18(13-29-22)11-20(26)25(2)12-15-4-6-16(7-5-15)21(27)23-17-8-9-17/h3-7,10,13,17H,8-9,11-12H2,1-2H3,(H,23,27). The van der Waals surface area contributed by atoms with Crippen molar-refractivity contribution in [3.63, 3.8) is 0 Å². The lowest BCUT2D eigenvalue weighted by Crippen LogP contribution is -2.28. The van der Waals surface area contributed by atoms with Gasteiger partial charge in [-0.1, -0.05) is 12.1 Å². The van der Waals surface area contributed by atoms with Gasteiger partial charge in [0.25, 0.3) is 5.91 Å². The Hall–Kier alpha value is -2.93. The van der Waals surface area contributed by atoms with Crippen molar-refractivity contribution >= 4 is 23.2 Å². The molecular weight excluding hydrogens is 386 g/mol. The van der Waals surface area contributed by atoms with Crippen molar-refractivity contribution in [1.29, 1.82) is 0 Å². The highest BCUT2D eigenvalue weighted by Gasteiger charge is 2.23. The second kappa shape index (κ2) is 8.21. The summed E-state index contributed by atoms with van der Waals surface area (Å²) in [4.78, 5) is 30.8. The van der Waals surface area contributed by atoms with Gasteiger partial charge in [0.05, 0.1) is 12.1 Å². The van der Waals surface area contributed by atoms with Crippen LogP contribution in [0.25, 0.3) is 10.8 Å². The zero-order valence-corrected chi connectivity index (χ0v) is 17.3. The smallest absolute Gasteiger partial charge is 0.251 e. The monoisotopic (exact) mass is 409 g/mol. The van der Waals surface area contributed by atoms with Crippen LogP contribution in [0.15, 0.2) is 46.2 Å². The fourth-order valence-electron chi connectivity index (χ4n) is 2.96. The topological polar surface area (TPSA) is 75.4 Å². The van der Waals surface area contributed by atoms with Crippen molar-refractivity contribution in [3.8, 4) is 10.8 Å². The van der Waals surface area contributed by atoms with E-state index in [9.17, 15) is 9.59 Å². The molecule has 29 heavy (non-hydrogen) atoms. The van der Waals surface area contributed by atoms with Gasteiger partial charge in [-0.05, 0) is 49.6 Å². The van der Waals surface area contributed by atoms with Crippen LogP contribution in [0.2, 0.25) is 0 Å². The molecule has 0 bridgehead atoms. The van der Waals surface area contributed by atoms with Crippen molar-refractivity contribution in [2.45, 2.75) is 38.8 Å². The van der Waals surface area contributed by atoms with Gasteiger partial charge < -0.3 is 14.6 Å². The summed E-state index contributed by atoms with van der Waals surface area (Å²) in [5.74, 6) is 1.52. The van der Waals surface area contributed by atoms with E-state index in [1.807, 2.05) is 48.7 Å². The zero-order chi connectivity index (χ0) is 20.4. The molecule has 6 nitrogen and oxygen atoms in total. The molecule has 1 fully saturated rings. The first kappa shape index (κ1) is 19.4. The van der Waals surface area contributed by atoms with Crippen LogP contribution in [-0.4, -0.2) is 34.8 Å². The van der Waals surface area contributed by atoms with E-state index in [-0.39, 0.29) is 18.2 Å². The number of aryl methyl sites for hydroxylation is 1. The van der Waals surface area contributed by atoms with E-state index in [1.54, 1.807) is 11.9 Å². The first-order chi connectivity index (χ1) is 14.0. The van der Waals surface area contributed by atoms with Crippen molar-refractivity contribution in [1.82, 2.24) is 15.2 Å². The van der Waals surface area contributed by atoms with E-state index in [0.717, 1.165) is 40.6 Å². The molecule has 0 saturated heterocycles. The molecule has 0 aliphatic heterocycles. The van der Waals surface area contributed by atoms with E-state index in [0.29, 0.717) is 18.2 Å². The highest BCUT2D eigenvalue weighted by molar-refractivity contribution is 7.13. The minimum Gasteiger partial charge on any atom is -0.459 e. The molecule has 4 rings (SSSR count). The second-order valence-electron chi connectivity index (χ2n) is 7.43. The summed E-state index contributed by atoms with van der Waals surface area (Å²) in [6.07, 6.45) is 2.38. The van der Waals surface area contributed by atoms with Crippen LogP contribution in [-0.2, 0) is 17.8 Å². The van der Waals surface area contributed by atoms with Crippen molar-refractivity contribution in [3.05, 3.63) is 64.4 Å². The number of likely N-dealkylation sites (N-methyl/N-ethyl adjacent to an activating group) is 1. The Bertz CT molecular complexity index is 1020. The number of carbonyl (C=O) groups excluding carboxylic acids is 2. The fraction of sp³-hybridized carbons (Fsp3) is 0.318. The number of hydrogen-bond donors (Lipinski definition) is 1. The summed E-state index contributed by atoms with van der Waals surface area (Å²) in [6, 6.07) is 11.5. The van der Waals surface area contributed by atoms with Crippen LogP contribution in [0.5, 0.6) is 0 Å². The minimum absolute atomic E-state index is 0.00646. The van der Waals surface area contributed by atoms with Gasteiger partial charge in [0.1, 0.15) is 5.76 Å². The Morgan fingerprint density at radius 1 is 1.21 bits per heavy atom. The minimum atomic E-state index is -0.0328.